The van der Waals surface area contributed by atoms with Gasteiger partial charge in [0, 0.05) is 12.0 Å². The quantitative estimate of drug-likeness (QED) is 0.631. The zero-order valence-corrected chi connectivity index (χ0v) is 13.0. The minimum absolute atomic E-state index is 0.180. The van der Waals surface area contributed by atoms with Crippen LogP contribution >= 0.6 is 0 Å². The fourth-order valence-electron chi connectivity index (χ4n) is 2.22. The summed E-state index contributed by atoms with van der Waals surface area (Å²) in [5.74, 6) is -0.180. The van der Waals surface area contributed by atoms with Crippen molar-refractivity contribution in [3.05, 3.63) is 4.13 Å². The molecule has 0 aromatic carbocycles. The predicted molar refractivity (Wildman–Crippen MR) is 76.1 cm³/mol. The SMILES string of the molecule is CS(=O)(=O)[N-]S(=O)(=O)CCCCCN1CCCCC1. The van der Waals surface area contributed by atoms with Crippen LogP contribution in [0.15, 0.2) is 0 Å². The molecular weight excluding hydrogens is 288 g/mol. The number of hydrogen-bond donors (Lipinski definition) is 0. The molecule has 0 spiro atoms. The van der Waals surface area contributed by atoms with E-state index in [4.69, 9.17) is 0 Å². The van der Waals surface area contributed by atoms with E-state index in [9.17, 15) is 16.8 Å². The van der Waals surface area contributed by atoms with Crippen molar-refractivity contribution in [1.29, 1.82) is 0 Å². The Balaban J connectivity index is 2.13. The van der Waals surface area contributed by atoms with Crippen molar-refractivity contribution in [3.63, 3.8) is 0 Å². The van der Waals surface area contributed by atoms with Crippen molar-refractivity contribution >= 4 is 20.0 Å². The van der Waals surface area contributed by atoms with Gasteiger partial charge in [-0.2, -0.15) is 0 Å². The van der Waals surface area contributed by atoms with Gasteiger partial charge in [-0.3, -0.25) is 0 Å². The molecule has 0 atom stereocenters. The molecule has 1 aliphatic rings. The summed E-state index contributed by atoms with van der Waals surface area (Å²) in [6.07, 6.45) is 6.81. The highest BCUT2D eigenvalue weighted by Crippen LogP contribution is 2.13. The lowest BCUT2D eigenvalue weighted by Crippen LogP contribution is -2.30. The second-order valence-electron chi connectivity index (χ2n) is 5.06. The van der Waals surface area contributed by atoms with Crippen LogP contribution < -0.4 is 0 Å². The van der Waals surface area contributed by atoms with Crippen LogP contribution in [-0.4, -0.2) is 53.4 Å². The van der Waals surface area contributed by atoms with Crippen molar-refractivity contribution in [2.24, 2.45) is 0 Å². The second kappa shape index (κ2) is 7.56. The molecule has 0 aromatic heterocycles. The average Bonchev–Trinajstić information content (AvgIpc) is 2.26. The first-order chi connectivity index (χ1) is 8.79. The molecule has 0 radical (unpaired) electrons. The van der Waals surface area contributed by atoms with Gasteiger partial charge in [-0.25, -0.2) is 16.8 Å². The second-order valence-corrected chi connectivity index (χ2v) is 8.69. The van der Waals surface area contributed by atoms with Gasteiger partial charge in [0.25, 0.3) is 0 Å². The number of hydrogen-bond acceptors (Lipinski definition) is 5. The van der Waals surface area contributed by atoms with Crippen molar-refractivity contribution in [2.45, 2.75) is 38.5 Å². The van der Waals surface area contributed by atoms with Crippen molar-refractivity contribution < 1.29 is 16.8 Å². The van der Waals surface area contributed by atoms with Gasteiger partial charge in [0.1, 0.15) is 0 Å². The topological polar surface area (TPSA) is 85.6 Å². The van der Waals surface area contributed by atoms with Crippen LogP contribution in [0.3, 0.4) is 0 Å². The molecule has 114 valence electrons. The van der Waals surface area contributed by atoms with E-state index in [-0.39, 0.29) is 5.75 Å². The van der Waals surface area contributed by atoms with E-state index in [1.54, 1.807) is 0 Å². The van der Waals surface area contributed by atoms with Crippen LogP contribution in [0.4, 0.5) is 0 Å². The third-order valence-electron chi connectivity index (χ3n) is 3.07. The van der Waals surface area contributed by atoms with E-state index in [0.29, 0.717) is 6.42 Å². The summed E-state index contributed by atoms with van der Waals surface area (Å²) in [4.78, 5) is 2.40. The van der Waals surface area contributed by atoms with Gasteiger partial charge in [0.15, 0.2) is 0 Å². The maximum Gasteiger partial charge on any atom is 0.0830 e. The normalized spacial score (nSPS) is 18.6. The Morgan fingerprint density at radius 2 is 1.58 bits per heavy atom. The zero-order chi connectivity index (χ0) is 14.4. The maximum absolute atomic E-state index is 11.4. The van der Waals surface area contributed by atoms with Gasteiger partial charge in [-0.1, -0.05) is 12.8 Å². The zero-order valence-electron chi connectivity index (χ0n) is 11.4. The molecule has 1 rings (SSSR count). The molecule has 1 heterocycles. The van der Waals surface area contributed by atoms with Gasteiger partial charge in [0.2, 0.25) is 0 Å². The fraction of sp³-hybridized carbons (Fsp3) is 1.00. The Labute approximate surface area is 116 Å². The summed E-state index contributed by atoms with van der Waals surface area (Å²) in [6.45, 7) is 3.28. The Morgan fingerprint density at radius 3 is 2.16 bits per heavy atom. The molecule has 1 fully saturated rings. The van der Waals surface area contributed by atoms with Crippen molar-refractivity contribution in [1.82, 2.24) is 4.90 Å². The van der Waals surface area contributed by atoms with Gasteiger partial charge in [-0.05, 0) is 45.3 Å². The molecule has 0 unspecified atom stereocenters. The lowest BCUT2D eigenvalue weighted by atomic mass is 10.1. The van der Waals surface area contributed by atoms with Crippen LogP contribution in [0.2, 0.25) is 0 Å². The van der Waals surface area contributed by atoms with E-state index < -0.39 is 20.0 Å². The Hall–Kier alpha value is -0.180. The lowest BCUT2D eigenvalue weighted by Gasteiger charge is -2.26. The third-order valence-corrected chi connectivity index (χ3v) is 5.87. The third kappa shape index (κ3) is 8.56. The number of unbranched alkanes of at least 4 members (excludes halogenated alkanes) is 2. The number of rotatable bonds is 8. The summed E-state index contributed by atoms with van der Waals surface area (Å²) in [5, 5.41) is 0. The summed E-state index contributed by atoms with van der Waals surface area (Å²) < 4.78 is 47.2. The number of sulfonamides is 2. The van der Waals surface area contributed by atoms with E-state index >= 15 is 0 Å². The van der Waals surface area contributed by atoms with Gasteiger partial charge >= 0.3 is 0 Å². The van der Waals surface area contributed by atoms with Gasteiger partial charge < -0.3 is 9.03 Å². The molecule has 8 heteroatoms. The summed E-state index contributed by atoms with van der Waals surface area (Å²) in [6, 6.07) is 0. The lowest BCUT2D eigenvalue weighted by molar-refractivity contribution is 0.224. The first-order valence-electron chi connectivity index (χ1n) is 6.68. The van der Waals surface area contributed by atoms with Crippen LogP contribution in [0, 0.1) is 0 Å². The monoisotopic (exact) mass is 311 g/mol. The maximum atomic E-state index is 11.4. The molecule has 0 N–H and O–H groups in total. The van der Waals surface area contributed by atoms with E-state index in [0.717, 1.165) is 38.7 Å². The minimum atomic E-state index is -3.82. The number of likely N-dealkylation sites (tertiary alicyclic amines) is 1. The Morgan fingerprint density at radius 1 is 0.947 bits per heavy atom. The summed E-state index contributed by atoms with van der Waals surface area (Å²) >= 11 is 0. The fourth-order valence-corrected chi connectivity index (χ4v) is 4.74. The summed E-state index contributed by atoms with van der Waals surface area (Å²) in [5.41, 5.74) is 0. The Kier molecular flexibility index (Phi) is 6.72. The van der Waals surface area contributed by atoms with Crippen molar-refractivity contribution in [3.8, 4) is 0 Å². The van der Waals surface area contributed by atoms with E-state index in [1.165, 1.54) is 19.3 Å². The van der Waals surface area contributed by atoms with Gasteiger partial charge in [0.05, 0.1) is 20.0 Å². The van der Waals surface area contributed by atoms with E-state index in [2.05, 4.69) is 9.03 Å². The molecule has 1 aliphatic heterocycles. The van der Waals surface area contributed by atoms with Crippen molar-refractivity contribution in [2.75, 3.05) is 31.6 Å². The first-order valence-corrected chi connectivity index (χ1v) is 10.1. The minimum Gasteiger partial charge on any atom is -0.436 e. The van der Waals surface area contributed by atoms with E-state index in [1.807, 2.05) is 0 Å². The molecular formula is C11H23N2O4S2-. The molecule has 1 saturated heterocycles. The molecule has 6 nitrogen and oxygen atoms in total. The number of nitrogens with zero attached hydrogens (tertiary/aromatic N) is 2. The largest absolute Gasteiger partial charge is 0.436 e. The highest BCUT2D eigenvalue weighted by molar-refractivity contribution is 8.11. The Bertz CT molecular complexity index is 453. The molecule has 0 saturated carbocycles. The summed E-state index contributed by atoms with van der Waals surface area (Å²) in [7, 11) is -7.63. The molecule has 0 aliphatic carbocycles. The highest BCUT2D eigenvalue weighted by atomic mass is 32.3. The smallest absolute Gasteiger partial charge is 0.0830 e. The predicted octanol–water partition coefficient (Wildman–Crippen LogP) is 1.31. The van der Waals surface area contributed by atoms with Gasteiger partial charge in [-0.15, -0.1) is 0 Å². The molecule has 0 amide bonds. The molecule has 19 heavy (non-hydrogen) atoms. The number of piperidine rings is 1. The van der Waals surface area contributed by atoms with Crippen LogP contribution in [0.1, 0.15) is 38.5 Å². The first kappa shape index (κ1) is 16.9. The van der Waals surface area contributed by atoms with Crippen LogP contribution in [0.5, 0.6) is 0 Å². The molecule has 0 bridgehead atoms. The molecule has 0 aromatic rings. The highest BCUT2D eigenvalue weighted by Gasteiger charge is 2.09. The van der Waals surface area contributed by atoms with Crippen LogP contribution in [-0.2, 0) is 20.0 Å². The average molecular weight is 311 g/mol. The van der Waals surface area contributed by atoms with Crippen LogP contribution in [0.25, 0.3) is 4.13 Å². The standard InChI is InChI=1S/C11H23N2O4S2/c1-18(14,15)12-19(16,17)11-7-3-6-10-13-8-4-2-5-9-13/h2-11H2,1H3/q-1.